The van der Waals surface area contributed by atoms with Crippen LogP contribution in [0.5, 0.6) is 0 Å². The third kappa shape index (κ3) is 4.12. The zero-order valence-electron chi connectivity index (χ0n) is 7.60. The molecule has 76 valence electrons. The van der Waals surface area contributed by atoms with Crippen LogP contribution in [0, 0.1) is 0 Å². The Morgan fingerprint density at radius 3 is 2.15 bits per heavy atom. The van der Waals surface area contributed by atoms with Crippen molar-refractivity contribution in [3.05, 3.63) is 24.3 Å². The van der Waals surface area contributed by atoms with E-state index in [0.717, 1.165) is 12.5 Å². The third-order valence-electron chi connectivity index (χ3n) is 1.48. The molecular formula is C9H13F3O. The van der Waals surface area contributed by atoms with Crippen molar-refractivity contribution in [2.75, 3.05) is 0 Å². The molecule has 0 spiro atoms. The van der Waals surface area contributed by atoms with Crippen molar-refractivity contribution < 1.29 is 18.3 Å². The van der Waals surface area contributed by atoms with Gasteiger partial charge in [0.25, 0.3) is 0 Å². The fourth-order valence-corrected chi connectivity index (χ4v) is 0.552. The molecule has 1 nitrogen and oxygen atoms in total. The maximum absolute atomic E-state index is 12.0. The molecule has 0 amide bonds. The van der Waals surface area contributed by atoms with E-state index >= 15 is 0 Å². The van der Waals surface area contributed by atoms with E-state index in [2.05, 4.69) is 0 Å². The summed E-state index contributed by atoms with van der Waals surface area (Å²) in [6, 6.07) is 0. The molecule has 0 rings (SSSR count). The molecule has 1 atom stereocenters. The summed E-state index contributed by atoms with van der Waals surface area (Å²) in [6.45, 7) is 2.58. The topological polar surface area (TPSA) is 20.2 Å². The van der Waals surface area contributed by atoms with E-state index in [0.29, 0.717) is 6.92 Å². The van der Waals surface area contributed by atoms with E-state index in [1.807, 2.05) is 6.92 Å². The highest BCUT2D eigenvalue weighted by atomic mass is 19.4. The van der Waals surface area contributed by atoms with E-state index in [4.69, 9.17) is 5.11 Å². The molecule has 4 heteroatoms. The summed E-state index contributed by atoms with van der Waals surface area (Å²) < 4.78 is 36.1. The van der Waals surface area contributed by atoms with Gasteiger partial charge in [0.15, 0.2) is 5.60 Å². The summed E-state index contributed by atoms with van der Waals surface area (Å²) >= 11 is 0. The van der Waals surface area contributed by atoms with Crippen LogP contribution in [0.2, 0.25) is 0 Å². The summed E-state index contributed by atoms with van der Waals surface area (Å²) in [5.74, 6) is 0. The fourth-order valence-electron chi connectivity index (χ4n) is 0.552. The lowest BCUT2D eigenvalue weighted by Crippen LogP contribution is -2.39. The number of allylic oxidation sites excluding steroid dienone is 3. The molecule has 0 fully saturated rings. The highest BCUT2D eigenvalue weighted by Gasteiger charge is 2.47. The summed E-state index contributed by atoms with van der Waals surface area (Å²) in [5.41, 5.74) is -2.74. The van der Waals surface area contributed by atoms with E-state index in [-0.39, 0.29) is 0 Å². The number of halogens is 3. The first-order valence-electron chi connectivity index (χ1n) is 3.94. The van der Waals surface area contributed by atoms with Gasteiger partial charge in [0.2, 0.25) is 0 Å². The van der Waals surface area contributed by atoms with Crippen LogP contribution in [0.4, 0.5) is 13.2 Å². The maximum atomic E-state index is 12.0. The lowest BCUT2D eigenvalue weighted by atomic mass is 10.1. The first-order chi connectivity index (χ1) is 5.81. The van der Waals surface area contributed by atoms with Crippen LogP contribution >= 0.6 is 0 Å². The molecule has 0 aliphatic rings. The fraction of sp³-hybridized carbons (Fsp3) is 0.556. The minimum Gasteiger partial charge on any atom is -0.377 e. The third-order valence-corrected chi connectivity index (χ3v) is 1.48. The van der Waals surface area contributed by atoms with Crippen molar-refractivity contribution in [2.24, 2.45) is 0 Å². The predicted molar refractivity (Wildman–Crippen MR) is 45.2 cm³/mol. The second kappa shape index (κ2) is 4.46. The molecule has 0 heterocycles. The van der Waals surface area contributed by atoms with Crippen LogP contribution in [0.25, 0.3) is 0 Å². The summed E-state index contributed by atoms with van der Waals surface area (Å²) in [7, 11) is 0. The monoisotopic (exact) mass is 194 g/mol. The number of rotatable bonds is 3. The molecule has 1 unspecified atom stereocenters. The van der Waals surface area contributed by atoms with Crippen LogP contribution in [0.15, 0.2) is 24.3 Å². The van der Waals surface area contributed by atoms with Crippen LogP contribution in [-0.2, 0) is 0 Å². The van der Waals surface area contributed by atoms with E-state index in [9.17, 15) is 13.2 Å². The first-order valence-corrected chi connectivity index (χ1v) is 3.94. The Morgan fingerprint density at radius 1 is 1.23 bits per heavy atom. The zero-order chi connectivity index (χ0) is 10.5. The van der Waals surface area contributed by atoms with Crippen molar-refractivity contribution in [1.29, 1.82) is 0 Å². The maximum Gasteiger partial charge on any atom is 0.420 e. The summed E-state index contributed by atoms with van der Waals surface area (Å²) in [5, 5.41) is 8.90. The highest BCUT2D eigenvalue weighted by molar-refractivity contribution is 5.10. The van der Waals surface area contributed by atoms with Gasteiger partial charge in [-0.3, -0.25) is 0 Å². The number of aliphatic hydroxyl groups is 1. The second-order valence-electron chi connectivity index (χ2n) is 2.84. The molecule has 13 heavy (non-hydrogen) atoms. The quantitative estimate of drug-likeness (QED) is 0.685. The average Bonchev–Trinajstić information content (AvgIpc) is 1.96. The van der Waals surface area contributed by atoms with Crippen LogP contribution in [-0.4, -0.2) is 16.9 Å². The van der Waals surface area contributed by atoms with Gasteiger partial charge >= 0.3 is 6.18 Å². The smallest absolute Gasteiger partial charge is 0.377 e. The molecule has 0 saturated carbocycles. The predicted octanol–water partition coefficient (Wildman–Crippen LogP) is 2.82. The molecule has 0 aromatic carbocycles. The lowest BCUT2D eigenvalue weighted by Gasteiger charge is -2.21. The van der Waals surface area contributed by atoms with Crippen LogP contribution < -0.4 is 0 Å². The molecule has 0 aliphatic carbocycles. The van der Waals surface area contributed by atoms with Gasteiger partial charge in [0, 0.05) is 0 Å². The Bertz CT molecular complexity index is 201. The first kappa shape index (κ1) is 12.2. The Morgan fingerprint density at radius 2 is 1.77 bits per heavy atom. The zero-order valence-corrected chi connectivity index (χ0v) is 7.60. The van der Waals surface area contributed by atoms with Gasteiger partial charge in [-0.15, -0.1) is 0 Å². The normalized spacial score (nSPS) is 18.3. The van der Waals surface area contributed by atoms with Crippen LogP contribution in [0.1, 0.15) is 20.3 Å². The standard InChI is InChI=1S/C9H13F3O/c1-3-4-5-6-7-8(2,13)9(10,11)12/h4-7,13H,3H2,1-2H3. The number of hydrogen-bond acceptors (Lipinski definition) is 1. The minimum atomic E-state index is -4.62. The largest absolute Gasteiger partial charge is 0.420 e. The van der Waals surface area contributed by atoms with Crippen molar-refractivity contribution in [3.8, 4) is 0 Å². The molecule has 0 bridgehead atoms. The van der Waals surface area contributed by atoms with Gasteiger partial charge in [-0.25, -0.2) is 0 Å². The van der Waals surface area contributed by atoms with Gasteiger partial charge in [0.05, 0.1) is 0 Å². The van der Waals surface area contributed by atoms with Crippen LogP contribution in [0.3, 0.4) is 0 Å². The van der Waals surface area contributed by atoms with Gasteiger partial charge in [-0.2, -0.15) is 13.2 Å². The minimum absolute atomic E-state index is 0.712. The van der Waals surface area contributed by atoms with Crippen molar-refractivity contribution in [3.63, 3.8) is 0 Å². The van der Waals surface area contributed by atoms with Gasteiger partial charge in [-0.1, -0.05) is 25.2 Å². The van der Waals surface area contributed by atoms with Gasteiger partial charge < -0.3 is 5.11 Å². The Hall–Kier alpha value is -0.770. The van der Waals surface area contributed by atoms with E-state index in [1.165, 1.54) is 12.2 Å². The van der Waals surface area contributed by atoms with Crippen molar-refractivity contribution >= 4 is 0 Å². The number of alkyl halides is 3. The molecule has 0 saturated heterocycles. The molecule has 1 N–H and O–H groups in total. The molecular weight excluding hydrogens is 181 g/mol. The van der Waals surface area contributed by atoms with Crippen molar-refractivity contribution in [2.45, 2.75) is 32.0 Å². The van der Waals surface area contributed by atoms with Gasteiger partial charge in [0.1, 0.15) is 0 Å². The molecule has 0 radical (unpaired) electrons. The van der Waals surface area contributed by atoms with Gasteiger partial charge in [-0.05, 0) is 19.4 Å². The highest BCUT2D eigenvalue weighted by Crippen LogP contribution is 2.30. The molecule has 0 aromatic heterocycles. The average molecular weight is 194 g/mol. The van der Waals surface area contributed by atoms with E-state index < -0.39 is 11.8 Å². The molecule has 0 aliphatic heterocycles. The van der Waals surface area contributed by atoms with Crippen molar-refractivity contribution in [1.82, 2.24) is 0 Å². The molecule has 0 aromatic rings. The SMILES string of the molecule is CCC=CC=CC(C)(O)C(F)(F)F. The van der Waals surface area contributed by atoms with E-state index in [1.54, 1.807) is 6.08 Å². The summed E-state index contributed by atoms with van der Waals surface area (Å²) in [4.78, 5) is 0. The summed E-state index contributed by atoms with van der Waals surface area (Å²) in [6.07, 6.45) is 1.21. The number of hydrogen-bond donors (Lipinski definition) is 1. The lowest BCUT2D eigenvalue weighted by molar-refractivity contribution is -0.232. The Labute approximate surface area is 75.6 Å². The Balaban J connectivity index is 4.33. The Kier molecular flexibility index (Phi) is 4.20. The second-order valence-corrected chi connectivity index (χ2v) is 2.84.